The Balaban J connectivity index is 1.23. The Labute approximate surface area is 178 Å². The molecule has 0 atom stereocenters. The summed E-state index contributed by atoms with van der Waals surface area (Å²) in [5.41, 5.74) is 3.09. The van der Waals surface area contributed by atoms with Crippen LogP contribution in [0.25, 0.3) is 21.3 Å². The average Bonchev–Trinajstić information content (AvgIpc) is 3.44. The van der Waals surface area contributed by atoms with Crippen LogP contribution < -0.4 is 4.90 Å². The first kappa shape index (κ1) is 17.6. The molecule has 2 aromatic carbocycles. The number of rotatable bonds is 2. The second-order valence-corrected chi connectivity index (χ2v) is 8.50. The highest BCUT2D eigenvalue weighted by Crippen LogP contribution is 2.32. The Morgan fingerprint density at radius 3 is 2.60 bits per heavy atom. The van der Waals surface area contributed by atoms with Crippen molar-refractivity contribution in [3.05, 3.63) is 67.4 Å². The highest BCUT2D eigenvalue weighted by Gasteiger charge is 2.29. The minimum Gasteiger partial charge on any atom is -0.342 e. The van der Waals surface area contributed by atoms with Crippen molar-refractivity contribution in [1.82, 2.24) is 24.9 Å². The lowest BCUT2D eigenvalue weighted by Crippen LogP contribution is -2.47. The summed E-state index contributed by atoms with van der Waals surface area (Å²) in [5, 5.41) is 9.69. The summed E-state index contributed by atoms with van der Waals surface area (Å²) < 4.78 is 3.28. The minimum absolute atomic E-state index is 0.355. The number of guanidine groups is 1. The van der Waals surface area contributed by atoms with Gasteiger partial charge in [-0.05, 0) is 43.2 Å². The van der Waals surface area contributed by atoms with Gasteiger partial charge in [0.05, 0.1) is 28.3 Å². The highest BCUT2D eigenvalue weighted by molar-refractivity contribution is 7.22. The molecule has 2 aliphatic heterocycles. The van der Waals surface area contributed by atoms with Gasteiger partial charge in [-0.15, -0.1) is 5.10 Å². The first-order chi connectivity index (χ1) is 14.9. The van der Waals surface area contributed by atoms with E-state index in [0.29, 0.717) is 6.04 Å². The van der Waals surface area contributed by atoms with Gasteiger partial charge < -0.3 is 4.90 Å². The van der Waals surface area contributed by atoms with Gasteiger partial charge in [0.25, 0.3) is 0 Å². The Kier molecular flexibility index (Phi) is 4.23. The molecule has 2 aliphatic rings. The van der Waals surface area contributed by atoms with Crippen molar-refractivity contribution in [3.63, 3.8) is 0 Å². The molecular weight excluding hydrogens is 394 g/mol. The fourth-order valence-corrected chi connectivity index (χ4v) is 5.12. The molecule has 2 aromatic heterocycles. The van der Waals surface area contributed by atoms with Gasteiger partial charge in [-0.25, -0.2) is 14.7 Å². The van der Waals surface area contributed by atoms with Crippen LogP contribution in [0.15, 0.2) is 65.8 Å². The zero-order valence-corrected chi connectivity index (χ0v) is 17.1. The van der Waals surface area contributed by atoms with E-state index in [1.807, 2.05) is 36.5 Å². The summed E-state index contributed by atoms with van der Waals surface area (Å²) >= 11 is 1.69. The monoisotopic (exact) mass is 414 g/mol. The number of piperidine rings is 1. The third kappa shape index (κ3) is 2.95. The molecule has 0 amide bonds. The van der Waals surface area contributed by atoms with Gasteiger partial charge in [-0.2, -0.15) is 0 Å². The summed E-state index contributed by atoms with van der Waals surface area (Å²) in [7, 11) is 0. The van der Waals surface area contributed by atoms with Crippen molar-refractivity contribution in [1.29, 1.82) is 0 Å². The van der Waals surface area contributed by atoms with Gasteiger partial charge in [-0.1, -0.05) is 40.8 Å². The molecule has 0 saturated carbocycles. The number of nitrogens with zero attached hydrogens (tertiary/aromatic N) is 7. The van der Waals surface area contributed by atoms with Crippen LogP contribution in [0.1, 0.15) is 18.9 Å². The zero-order valence-electron chi connectivity index (χ0n) is 16.3. The number of aromatic nitrogens is 4. The molecule has 0 aliphatic carbocycles. The first-order valence-corrected chi connectivity index (χ1v) is 11.0. The summed E-state index contributed by atoms with van der Waals surface area (Å²) in [5.74, 6) is 0.943. The van der Waals surface area contributed by atoms with Crippen molar-refractivity contribution < 1.29 is 0 Å². The van der Waals surface area contributed by atoms with E-state index in [4.69, 9.17) is 9.98 Å². The molecule has 4 heterocycles. The summed E-state index contributed by atoms with van der Waals surface area (Å²) in [6, 6.07) is 16.8. The lowest BCUT2D eigenvalue weighted by atomic mass is 10.1. The van der Waals surface area contributed by atoms with Crippen molar-refractivity contribution in [3.8, 4) is 0 Å². The number of likely N-dealkylation sites (tertiary alicyclic amines) is 1. The molecule has 6 rings (SSSR count). The van der Waals surface area contributed by atoms with E-state index in [0.717, 1.165) is 53.6 Å². The molecule has 30 heavy (non-hydrogen) atoms. The second kappa shape index (κ2) is 7.21. The number of benzene rings is 2. The second-order valence-electron chi connectivity index (χ2n) is 7.49. The highest BCUT2D eigenvalue weighted by atomic mass is 32.1. The fraction of sp³-hybridized carbons (Fsp3) is 0.227. The Morgan fingerprint density at radius 1 is 0.933 bits per heavy atom. The SMILES string of the molecule is [CH]1C=CN=C(N2CCC(n3nnc4ccccc43)CC2)N1c1nc2ccccc2s1. The Bertz CT molecular complexity index is 1230. The number of fused-ring (bicyclic) bond motifs is 2. The molecule has 4 aromatic rings. The molecule has 1 saturated heterocycles. The molecule has 149 valence electrons. The fourth-order valence-electron chi connectivity index (χ4n) is 4.18. The number of hydrogen-bond acceptors (Lipinski definition) is 7. The molecule has 8 heteroatoms. The van der Waals surface area contributed by atoms with Gasteiger partial charge in [0, 0.05) is 19.3 Å². The smallest absolute Gasteiger partial charge is 0.208 e. The standard InChI is InChI=1S/C22H20N7S/c1-3-8-19-17(6-1)25-26-29(19)16-10-14-27(15-11-16)21-23-12-5-13-28(21)22-24-18-7-2-4-9-20(18)30-22/h1-9,12-13,16H,10-11,14-15H2. The van der Waals surface area contributed by atoms with Crippen LogP contribution in [0.2, 0.25) is 0 Å². The van der Waals surface area contributed by atoms with Crippen molar-refractivity contribution in [2.24, 2.45) is 4.99 Å². The van der Waals surface area contributed by atoms with Crippen molar-refractivity contribution in [2.45, 2.75) is 18.9 Å². The minimum atomic E-state index is 0.355. The molecule has 0 spiro atoms. The predicted octanol–water partition coefficient (Wildman–Crippen LogP) is 4.23. The van der Waals surface area contributed by atoms with Gasteiger partial charge in [-0.3, -0.25) is 4.90 Å². The normalized spacial score (nSPS) is 17.8. The van der Waals surface area contributed by atoms with Gasteiger partial charge in [0.2, 0.25) is 5.96 Å². The maximum absolute atomic E-state index is 4.82. The van der Waals surface area contributed by atoms with Crippen LogP contribution in [0, 0.1) is 6.54 Å². The number of para-hydroxylation sites is 2. The van der Waals surface area contributed by atoms with Crippen LogP contribution in [0.5, 0.6) is 0 Å². The van der Waals surface area contributed by atoms with Crippen LogP contribution in [0.4, 0.5) is 5.13 Å². The molecule has 1 fully saturated rings. The van der Waals surface area contributed by atoms with Gasteiger partial charge >= 0.3 is 0 Å². The number of anilines is 1. The Hall–Kier alpha value is -3.26. The summed E-state index contributed by atoms with van der Waals surface area (Å²) in [4.78, 5) is 14.0. The third-order valence-corrected chi connectivity index (χ3v) is 6.72. The number of aliphatic imine (C=N–C) groups is 1. The quantitative estimate of drug-likeness (QED) is 0.491. The molecular formula is C22H20N7S. The van der Waals surface area contributed by atoms with E-state index in [2.05, 4.69) is 55.6 Å². The Morgan fingerprint density at radius 2 is 1.73 bits per heavy atom. The topological polar surface area (TPSA) is 62.4 Å². The zero-order chi connectivity index (χ0) is 19.9. The largest absolute Gasteiger partial charge is 0.342 e. The van der Waals surface area contributed by atoms with E-state index in [1.54, 1.807) is 11.3 Å². The molecule has 7 nitrogen and oxygen atoms in total. The number of thiazole rings is 1. The molecule has 0 N–H and O–H groups in total. The molecule has 1 radical (unpaired) electrons. The molecule has 0 bridgehead atoms. The summed E-state index contributed by atoms with van der Waals surface area (Å²) in [6.45, 7) is 3.89. The maximum atomic E-state index is 4.82. The van der Waals surface area contributed by atoms with Crippen LogP contribution >= 0.6 is 11.3 Å². The maximum Gasteiger partial charge on any atom is 0.208 e. The van der Waals surface area contributed by atoms with Crippen LogP contribution in [-0.4, -0.2) is 43.9 Å². The van der Waals surface area contributed by atoms with Crippen molar-refractivity contribution >= 4 is 43.7 Å². The lowest BCUT2D eigenvalue weighted by Gasteiger charge is -2.38. The predicted molar refractivity (Wildman–Crippen MR) is 120 cm³/mol. The summed E-state index contributed by atoms with van der Waals surface area (Å²) in [6.07, 6.45) is 5.83. The van der Waals surface area contributed by atoms with Gasteiger partial charge in [0.15, 0.2) is 5.13 Å². The van der Waals surface area contributed by atoms with E-state index < -0.39 is 0 Å². The lowest BCUT2D eigenvalue weighted by molar-refractivity contribution is 0.253. The van der Waals surface area contributed by atoms with Gasteiger partial charge in [0.1, 0.15) is 5.52 Å². The molecule has 0 unspecified atom stereocenters. The number of hydrogen-bond donors (Lipinski definition) is 0. The van der Waals surface area contributed by atoms with E-state index in [1.165, 1.54) is 4.70 Å². The van der Waals surface area contributed by atoms with Crippen LogP contribution in [-0.2, 0) is 0 Å². The van der Waals surface area contributed by atoms with E-state index in [-0.39, 0.29) is 0 Å². The van der Waals surface area contributed by atoms with Crippen molar-refractivity contribution in [2.75, 3.05) is 18.0 Å². The van der Waals surface area contributed by atoms with Crippen LogP contribution in [0.3, 0.4) is 0 Å². The average molecular weight is 415 g/mol. The third-order valence-electron chi connectivity index (χ3n) is 5.69. The van der Waals surface area contributed by atoms with E-state index in [9.17, 15) is 0 Å². The van der Waals surface area contributed by atoms with E-state index >= 15 is 0 Å². The first-order valence-electron chi connectivity index (χ1n) is 10.1.